The Bertz CT molecular complexity index is 964. The van der Waals surface area contributed by atoms with Gasteiger partial charge in [0, 0.05) is 56.3 Å². The van der Waals surface area contributed by atoms with E-state index < -0.39 is 0 Å². The Morgan fingerprint density at radius 3 is 2.35 bits per heavy atom. The molecule has 2 aromatic heterocycles. The molecule has 0 N–H and O–H groups in total. The van der Waals surface area contributed by atoms with Gasteiger partial charge in [-0.3, -0.25) is 0 Å². The van der Waals surface area contributed by atoms with Crippen molar-refractivity contribution in [2.24, 2.45) is 18.9 Å². The molecule has 6 heteroatoms. The van der Waals surface area contributed by atoms with Crippen molar-refractivity contribution in [3.05, 3.63) is 41.9 Å². The Morgan fingerprint density at radius 1 is 0.923 bits per heavy atom. The van der Waals surface area contributed by atoms with E-state index >= 15 is 0 Å². The summed E-state index contributed by atoms with van der Waals surface area (Å²) >= 11 is 0. The van der Waals surface area contributed by atoms with Crippen molar-refractivity contribution in [2.75, 3.05) is 36.0 Å². The Morgan fingerprint density at radius 2 is 1.62 bits per heavy atom. The number of nitrogens with zero attached hydrogens (tertiary/aromatic N) is 6. The van der Waals surface area contributed by atoms with Crippen LogP contribution in [0.2, 0.25) is 0 Å². The van der Waals surface area contributed by atoms with E-state index in [0.29, 0.717) is 11.8 Å². The number of benzene rings is 1. The van der Waals surface area contributed by atoms with Gasteiger partial charge in [0.15, 0.2) is 0 Å². The number of para-hydroxylation sites is 2. The monoisotopic (exact) mass is 348 g/mol. The molecule has 2 fully saturated rings. The molecule has 2 unspecified atom stereocenters. The van der Waals surface area contributed by atoms with Crippen LogP contribution in [0.5, 0.6) is 0 Å². The molecule has 2 aliphatic rings. The van der Waals surface area contributed by atoms with E-state index in [2.05, 4.69) is 69.5 Å². The van der Waals surface area contributed by atoms with Crippen molar-refractivity contribution in [1.82, 2.24) is 19.5 Å². The highest BCUT2D eigenvalue weighted by atomic mass is 15.3. The summed E-state index contributed by atoms with van der Waals surface area (Å²) in [5, 5.41) is 0. The van der Waals surface area contributed by atoms with Crippen LogP contribution < -0.4 is 9.80 Å². The predicted octanol–water partition coefficient (Wildman–Crippen LogP) is 2.55. The first-order chi connectivity index (χ1) is 12.6. The maximum atomic E-state index is 4.88. The number of aryl methyl sites for hydroxylation is 2. The second kappa shape index (κ2) is 5.69. The molecule has 0 bridgehead atoms. The third kappa shape index (κ3) is 2.28. The summed E-state index contributed by atoms with van der Waals surface area (Å²) < 4.78 is 2.23. The lowest BCUT2D eigenvalue weighted by Gasteiger charge is -2.24. The van der Waals surface area contributed by atoms with Gasteiger partial charge in [-0.1, -0.05) is 12.1 Å². The number of hydrogen-bond donors (Lipinski definition) is 0. The lowest BCUT2D eigenvalue weighted by molar-refractivity contribution is 0.533. The van der Waals surface area contributed by atoms with E-state index in [9.17, 15) is 0 Å². The van der Waals surface area contributed by atoms with Gasteiger partial charge in [-0.25, -0.2) is 15.0 Å². The third-order valence-corrected chi connectivity index (χ3v) is 6.14. The van der Waals surface area contributed by atoms with E-state index in [0.717, 1.165) is 49.2 Å². The molecule has 0 saturated carbocycles. The molecule has 4 heterocycles. The Labute approximate surface area is 153 Å². The van der Waals surface area contributed by atoms with E-state index in [-0.39, 0.29) is 0 Å². The molecule has 0 aliphatic carbocycles. The minimum Gasteiger partial charge on any atom is -0.356 e. The van der Waals surface area contributed by atoms with E-state index in [4.69, 9.17) is 4.98 Å². The molecule has 3 aromatic rings. The molecule has 0 amide bonds. The minimum atomic E-state index is 0.671. The first-order valence-corrected chi connectivity index (χ1v) is 9.31. The molecule has 26 heavy (non-hydrogen) atoms. The van der Waals surface area contributed by atoms with Crippen molar-refractivity contribution in [3.8, 4) is 0 Å². The Kier molecular flexibility index (Phi) is 3.42. The first kappa shape index (κ1) is 15.6. The molecular formula is C20H24N6. The van der Waals surface area contributed by atoms with Crippen molar-refractivity contribution in [3.63, 3.8) is 0 Å². The van der Waals surface area contributed by atoms with Crippen LogP contribution >= 0.6 is 0 Å². The van der Waals surface area contributed by atoms with Crippen molar-refractivity contribution in [2.45, 2.75) is 13.8 Å². The third-order valence-electron chi connectivity index (χ3n) is 6.14. The molecule has 1 aromatic carbocycles. The number of imidazole rings is 1. The molecule has 0 spiro atoms. The fourth-order valence-corrected chi connectivity index (χ4v) is 4.59. The number of aromatic nitrogens is 4. The largest absolute Gasteiger partial charge is 0.356 e. The molecule has 5 rings (SSSR count). The van der Waals surface area contributed by atoms with Crippen LogP contribution in [0, 0.1) is 25.7 Å². The fourth-order valence-electron chi connectivity index (χ4n) is 4.59. The molecule has 6 nitrogen and oxygen atoms in total. The summed E-state index contributed by atoms with van der Waals surface area (Å²) in [5.74, 6) is 3.55. The van der Waals surface area contributed by atoms with Crippen LogP contribution in [-0.2, 0) is 7.05 Å². The SMILES string of the molecule is Cc1ncnc(N2CC3CN(c4nc5ccccc5n4C)CC3C2)c1C. The summed E-state index contributed by atoms with van der Waals surface area (Å²) in [5.41, 5.74) is 4.57. The zero-order chi connectivity index (χ0) is 17.8. The summed E-state index contributed by atoms with van der Waals surface area (Å²) in [6.07, 6.45) is 1.69. The number of fused-ring (bicyclic) bond motifs is 2. The molecule has 0 radical (unpaired) electrons. The van der Waals surface area contributed by atoms with Gasteiger partial charge >= 0.3 is 0 Å². The predicted molar refractivity (Wildman–Crippen MR) is 104 cm³/mol. The summed E-state index contributed by atoms with van der Waals surface area (Å²) in [7, 11) is 2.12. The van der Waals surface area contributed by atoms with Gasteiger partial charge in [0.25, 0.3) is 0 Å². The fraction of sp³-hybridized carbons (Fsp3) is 0.450. The Hall–Kier alpha value is -2.63. The second-order valence-corrected chi connectivity index (χ2v) is 7.70. The van der Waals surface area contributed by atoms with Gasteiger partial charge in [-0.2, -0.15) is 0 Å². The van der Waals surface area contributed by atoms with Gasteiger partial charge in [0.1, 0.15) is 12.1 Å². The van der Waals surface area contributed by atoms with Crippen LogP contribution in [0.25, 0.3) is 11.0 Å². The number of anilines is 2. The quantitative estimate of drug-likeness (QED) is 0.712. The lowest BCUT2D eigenvalue weighted by Crippen LogP contribution is -2.31. The maximum Gasteiger partial charge on any atom is 0.206 e. The summed E-state index contributed by atoms with van der Waals surface area (Å²) in [6, 6.07) is 8.38. The Balaban J connectivity index is 1.37. The van der Waals surface area contributed by atoms with E-state index in [1.807, 2.05) is 0 Å². The maximum absolute atomic E-state index is 4.88. The average Bonchev–Trinajstić information content (AvgIpc) is 3.29. The molecule has 2 saturated heterocycles. The topological polar surface area (TPSA) is 50.1 Å². The van der Waals surface area contributed by atoms with Gasteiger partial charge in [0.05, 0.1) is 11.0 Å². The van der Waals surface area contributed by atoms with Gasteiger partial charge in [-0.15, -0.1) is 0 Å². The lowest BCUT2D eigenvalue weighted by atomic mass is 10.0. The second-order valence-electron chi connectivity index (χ2n) is 7.70. The molecular weight excluding hydrogens is 324 g/mol. The van der Waals surface area contributed by atoms with E-state index in [1.54, 1.807) is 6.33 Å². The standard InChI is InChI=1S/C20H24N6/c1-13-14(2)21-12-22-19(13)25-8-15-10-26(11-16(15)9-25)20-23-17-6-4-5-7-18(17)24(20)3/h4-7,12,15-16H,8-11H2,1-3H3. The average molecular weight is 348 g/mol. The highest BCUT2D eigenvalue weighted by molar-refractivity contribution is 5.78. The summed E-state index contributed by atoms with van der Waals surface area (Å²) in [4.78, 5) is 18.7. The van der Waals surface area contributed by atoms with Crippen LogP contribution in [0.15, 0.2) is 30.6 Å². The molecule has 134 valence electrons. The number of hydrogen-bond acceptors (Lipinski definition) is 5. The van der Waals surface area contributed by atoms with E-state index in [1.165, 1.54) is 11.1 Å². The molecule has 2 aliphatic heterocycles. The van der Waals surface area contributed by atoms with Crippen LogP contribution in [0.1, 0.15) is 11.3 Å². The highest BCUT2D eigenvalue weighted by Gasteiger charge is 2.42. The van der Waals surface area contributed by atoms with Gasteiger partial charge in [0.2, 0.25) is 5.95 Å². The highest BCUT2D eigenvalue weighted by Crippen LogP contribution is 2.36. The normalized spacial score (nSPS) is 22.4. The zero-order valence-corrected chi connectivity index (χ0v) is 15.6. The zero-order valence-electron chi connectivity index (χ0n) is 15.6. The van der Waals surface area contributed by atoms with Crippen LogP contribution in [0.4, 0.5) is 11.8 Å². The van der Waals surface area contributed by atoms with Gasteiger partial charge in [-0.05, 0) is 26.0 Å². The van der Waals surface area contributed by atoms with Crippen LogP contribution in [-0.4, -0.2) is 45.7 Å². The number of rotatable bonds is 2. The van der Waals surface area contributed by atoms with Crippen molar-refractivity contribution >= 4 is 22.8 Å². The first-order valence-electron chi connectivity index (χ1n) is 9.31. The van der Waals surface area contributed by atoms with Crippen molar-refractivity contribution < 1.29 is 0 Å². The van der Waals surface area contributed by atoms with Crippen molar-refractivity contribution in [1.29, 1.82) is 0 Å². The summed E-state index contributed by atoms with van der Waals surface area (Å²) in [6.45, 7) is 8.48. The smallest absolute Gasteiger partial charge is 0.206 e. The van der Waals surface area contributed by atoms with Gasteiger partial charge < -0.3 is 14.4 Å². The van der Waals surface area contributed by atoms with Crippen LogP contribution in [0.3, 0.4) is 0 Å². The molecule has 2 atom stereocenters. The minimum absolute atomic E-state index is 0.671.